The standard InChI is InChI=1S/C14H10Br2F3NO/c15-9-2-3-10(20-7-9)6-13(21)11-5-8(14(17,18)19)1-4-12(11)16/h1-5,7,13,21H,6H2. The summed E-state index contributed by atoms with van der Waals surface area (Å²) < 4.78 is 39.4. The maximum atomic E-state index is 12.7. The van der Waals surface area contributed by atoms with Gasteiger partial charge in [0.05, 0.1) is 11.7 Å². The van der Waals surface area contributed by atoms with Crippen molar-refractivity contribution in [2.45, 2.75) is 18.7 Å². The van der Waals surface area contributed by atoms with Gasteiger partial charge >= 0.3 is 6.18 Å². The van der Waals surface area contributed by atoms with Crippen LogP contribution in [0.1, 0.15) is 22.9 Å². The third-order valence-electron chi connectivity index (χ3n) is 2.87. The van der Waals surface area contributed by atoms with Gasteiger partial charge in [-0.1, -0.05) is 15.9 Å². The van der Waals surface area contributed by atoms with Gasteiger partial charge in [-0.25, -0.2) is 0 Å². The second-order valence-electron chi connectivity index (χ2n) is 4.42. The Labute approximate surface area is 136 Å². The fourth-order valence-corrected chi connectivity index (χ4v) is 2.56. The SMILES string of the molecule is OC(Cc1ccc(Br)cn1)c1cc(C(F)(F)F)ccc1Br. The zero-order valence-corrected chi connectivity index (χ0v) is 13.7. The second kappa shape index (κ2) is 6.46. The zero-order valence-electron chi connectivity index (χ0n) is 10.5. The van der Waals surface area contributed by atoms with Crippen LogP contribution in [0, 0.1) is 0 Å². The van der Waals surface area contributed by atoms with Gasteiger partial charge in [-0.15, -0.1) is 0 Å². The third-order valence-corrected chi connectivity index (χ3v) is 4.06. The van der Waals surface area contributed by atoms with Gasteiger partial charge in [0.1, 0.15) is 0 Å². The molecule has 0 fully saturated rings. The molecule has 7 heteroatoms. The molecule has 1 aromatic carbocycles. The van der Waals surface area contributed by atoms with Gasteiger partial charge < -0.3 is 5.11 Å². The summed E-state index contributed by atoms with van der Waals surface area (Å²) in [5, 5.41) is 10.2. The minimum atomic E-state index is -4.44. The number of alkyl halides is 3. The number of rotatable bonds is 3. The fourth-order valence-electron chi connectivity index (χ4n) is 1.81. The maximum absolute atomic E-state index is 12.7. The number of aliphatic hydroxyl groups is 1. The summed E-state index contributed by atoms with van der Waals surface area (Å²) in [5.74, 6) is 0. The van der Waals surface area contributed by atoms with Crippen LogP contribution in [0.15, 0.2) is 45.5 Å². The Hall–Kier alpha value is -0.920. The molecular weight excluding hydrogens is 415 g/mol. The molecule has 1 heterocycles. The average Bonchev–Trinajstić information content (AvgIpc) is 2.40. The highest BCUT2D eigenvalue weighted by Crippen LogP contribution is 2.34. The van der Waals surface area contributed by atoms with E-state index >= 15 is 0 Å². The predicted molar refractivity (Wildman–Crippen MR) is 79.7 cm³/mol. The normalized spacial score (nSPS) is 13.2. The molecule has 2 rings (SSSR count). The van der Waals surface area contributed by atoms with Crippen molar-refractivity contribution in [1.29, 1.82) is 0 Å². The van der Waals surface area contributed by atoms with Gasteiger partial charge in [0.25, 0.3) is 0 Å². The molecular formula is C14H10Br2F3NO. The lowest BCUT2D eigenvalue weighted by Gasteiger charge is -2.15. The number of aromatic nitrogens is 1. The van der Waals surface area contributed by atoms with Crippen LogP contribution in [0.5, 0.6) is 0 Å². The van der Waals surface area contributed by atoms with Crippen molar-refractivity contribution in [3.8, 4) is 0 Å². The van der Waals surface area contributed by atoms with Gasteiger partial charge in [0.15, 0.2) is 0 Å². The maximum Gasteiger partial charge on any atom is 0.416 e. The Morgan fingerprint density at radius 3 is 2.43 bits per heavy atom. The minimum absolute atomic E-state index is 0.132. The van der Waals surface area contributed by atoms with Crippen LogP contribution in [-0.4, -0.2) is 10.1 Å². The van der Waals surface area contributed by atoms with E-state index in [-0.39, 0.29) is 12.0 Å². The van der Waals surface area contributed by atoms with Crippen molar-refractivity contribution in [3.63, 3.8) is 0 Å². The largest absolute Gasteiger partial charge is 0.416 e. The van der Waals surface area contributed by atoms with Crippen LogP contribution < -0.4 is 0 Å². The highest BCUT2D eigenvalue weighted by Gasteiger charge is 2.31. The van der Waals surface area contributed by atoms with E-state index in [1.54, 1.807) is 18.3 Å². The molecule has 2 aromatic rings. The lowest BCUT2D eigenvalue weighted by molar-refractivity contribution is -0.137. The van der Waals surface area contributed by atoms with Crippen LogP contribution in [0.25, 0.3) is 0 Å². The Bertz CT molecular complexity index is 629. The van der Waals surface area contributed by atoms with E-state index in [9.17, 15) is 18.3 Å². The molecule has 1 unspecified atom stereocenters. The van der Waals surface area contributed by atoms with E-state index in [1.165, 1.54) is 6.07 Å². The van der Waals surface area contributed by atoms with Crippen molar-refractivity contribution in [2.75, 3.05) is 0 Å². The molecule has 0 radical (unpaired) electrons. The number of benzene rings is 1. The van der Waals surface area contributed by atoms with Crippen LogP contribution in [0.2, 0.25) is 0 Å². The fraction of sp³-hybridized carbons (Fsp3) is 0.214. The van der Waals surface area contributed by atoms with E-state index in [4.69, 9.17) is 0 Å². The molecule has 0 saturated carbocycles. The van der Waals surface area contributed by atoms with Crippen LogP contribution in [-0.2, 0) is 12.6 Å². The van der Waals surface area contributed by atoms with E-state index in [0.717, 1.165) is 16.6 Å². The molecule has 21 heavy (non-hydrogen) atoms. The van der Waals surface area contributed by atoms with E-state index < -0.39 is 17.8 Å². The molecule has 1 atom stereocenters. The predicted octanol–water partition coefficient (Wildman–Crippen LogP) is 4.90. The molecule has 0 aliphatic heterocycles. The van der Waals surface area contributed by atoms with Crippen molar-refractivity contribution < 1.29 is 18.3 Å². The number of hydrogen-bond acceptors (Lipinski definition) is 2. The van der Waals surface area contributed by atoms with E-state index in [1.807, 2.05) is 0 Å². The van der Waals surface area contributed by atoms with Gasteiger partial charge in [0.2, 0.25) is 0 Å². The van der Waals surface area contributed by atoms with Crippen molar-refractivity contribution in [1.82, 2.24) is 4.98 Å². The smallest absolute Gasteiger partial charge is 0.388 e. The van der Waals surface area contributed by atoms with Gasteiger partial charge in [0, 0.05) is 27.3 Å². The van der Waals surface area contributed by atoms with Crippen LogP contribution >= 0.6 is 31.9 Å². The van der Waals surface area contributed by atoms with Crippen molar-refractivity contribution in [2.24, 2.45) is 0 Å². The van der Waals surface area contributed by atoms with E-state index in [2.05, 4.69) is 36.8 Å². The van der Waals surface area contributed by atoms with Crippen molar-refractivity contribution in [3.05, 3.63) is 62.3 Å². The van der Waals surface area contributed by atoms with Gasteiger partial charge in [-0.3, -0.25) is 4.98 Å². The Kier molecular flexibility index (Phi) is 5.06. The molecule has 0 amide bonds. The topological polar surface area (TPSA) is 33.1 Å². The average molecular weight is 425 g/mol. The molecule has 1 aromatic heterocycles. The van der Waals surface area contributed by atoms with Crippen molar-refractivity contribution >= 4 is 31.9 Å². The van der Waals surface area contributed by atoms with E-state index in [0.29, 0.717) is 10.2 Å². The first kappa shape index (κ1) is 16.5. The Morgan fingerprint density at radius 1 is 1.14 bits per heavy atom. The summed E-state index contributed by atoms with van der Waals surface area (Å²) in [6.45, 7) is 0. The first-order valence-corrected chi connectivity index (χ1v) is 7.51. The first-order chi connectivity index (χ1) is 9.77. The van der Waals surface area contributed by atoms with Crippen LogP contribution in [0.3, 0.4) is 0 Å². The summed E-state index contributed by atoms with van der Waals surface area (Å²) in [4.78, 5) is 4.10. The highest BCUT2D eigenvalue weighted by atomic mass is 79.9. The zero-order chi connectivity index (χ0) is 15.6. The molecule has 0 aliphatic rings. The quantitative estimate of drug-likeness (QED) is 0.759. The summed E-state index contributed by atoms with van der Waals surface area (Å²) in [5.41, 5.74) is -0.00642. The number of halogens is 5. The lowest BCUT2D eigenvalue weighted by Crippen LogP contribution is -2.09. The second-order valence-corrected chi connectivity index (χ2v) is 6.19. The third kappa shape index (κ3) is 4.28. The summed E-state index contributed by atoms with van der Waals surface area (Å²) in [6.07, 6.45) is -3.81. The highest BCUT2D eigenvalue weighted by molar-refractivity contribution is 9.10. The Balaban J connectivity index is 2.26. The molecule has 1 N–H and O–H groups in total. The first-order valence-electron chi connectivity index (χ1n) is 5.92. The summed E-state index contributed by atoms with van der Waals surface area (Å²) >= 11 is 6.41. The number of pyridine rings is 1. The molecule has 2 nitrogen and oxygen atoms in total. The summed E-state index contributed by atoms with van der Waals surface area (Å²) in [7, 11) is 0. The molecule has 0 bridgehead atoms. The number of nitrogens with zero attached hydrogens (tertiary/aromatic N) is 1. The minimum Gasteiger partial charge on any atom is -0.388 e. The molecule has 0 aliphatic carbocycles. The molecule has 0 saturated heterocycles. The lowest BCUT2D eigenvalue weighted by atomic mass is 10.0. The monoisotopic (exact) mass is 423 g/mol. The number of aliphatic hydroxyl groups excluding tert-OH is 1. The van der Waals surface area contributed by atoms with Gasteiger partial charge in [-0.2, -0.15) is 13.2 Å². The summed E-state index contributed by atoms with van der Waals surface area (Å²) in [6, 6.07) is 6.67. The van der Waals surface area contributed by atoms with Gasteiger partial charge in [-0.05, 0) is 51.8 Å². The molecule has 112 valence electrons. The van der Waals surface area contributed by atoms with Crippen LogP contribution in [0.4, 0.5) is 13.2 Å². The number of hydrogen-bond donors (Lipinski definition) is 1. The molecule has 0 spiro atoms. The Morgan fingerprint density at radius 2 is 1.86 bits per heavy atom.